The number of carbonyl (C=O) groups excluding carboxylic acids is 1. The van der Waals surface area contributed by atoms with Crippen molar-refractivity contribution in [2.24, 2.45) is 11.7 Å². The van der Waals surface area contributed by atoms with Crippen molar-refractivity contribution in [2.75, 3.05) is 13.1 Å². The highest BCUT2D eigenvalue weighted by Crippen LogP contribution is 2.38. The van der Waals surface area contributed by atoms with Crippen LogP contribution < -0.4 is 5.73 Å². The van der Waals surface area contributed by atoms with Crippen LogP contribution in [0.1, 0.15) is 19.8 Å². The van der Waals surface area contributed by atoms with Gasteiger partial charge in [0.1, 0.15) is 6.54 Å². The lowest BCUT2D eigenvalue weighted by Gasteiger charge is -2.30. The minimum atomic E-state index is -1.04. The fraction of sp³-hybridized carbons (Fsp3) is 0.636. The second-order valence-corrected chi connectivity index (χ2v) is 4.43. The number of carbonyl (C=O) groups is 2. The van der Waals surface area contributed by atoms with Gasteiger partial charge in [-0.3, -0.25) is 9.59 Å². The van der Waals surface area contributed by atoms with E-state index in [0.29, 0.717) is 0 Å². The monoisotopic (exact) mass is 226 g/mol. The Morgan fingerprint density at radius 1 is 1.62 bits per heavy atom. The Morgan fingerprint density at radius 3 is 2.56 bits per heavy atom. The molecule has 1 aliphatic carbocycles. The Labute approximate surface area is 94.9 Å². The highest BCUT2D eigenvalue weighted by Gasteiger charge is 2.45. The van der Waals surface area contributed by atoms with Crippen LogP contribution in [-0.2, 0) is 9.59 Å². The average molecular weight is 226 g/mol. The zero-order valence-electron chi connectivity index (χ0n) is 9.48. The Bertz CT molecular complexity index is 308. The van der Waals surface area contributed by atoms with Crippen LogP contribution >= 0.6 is 0 Å². The largest absolute Gasteiger partial charge is 0.480 e. The predicted molar refractivity (Wildman–Crippen MR) is 59.7 cm³/mol. The van der Waals surface area contributed by atoms with Gasteiger partial charge in [0.2, 0.25) is 5.91 Å². The van der Waals surface area contributed by atoms with Gasteiger partial charge >= 0.3 is 5.97 Å². The average Bonchev–Trinajstić information content (AvgIpc) is 2.98. The van der Waals surface area contributed by atoms with Gasteiger partial charge in [0, 0.05) is 6.54 Å². The molecule has 0 radical (unpaired) electrons. The molecular formula is C11H18N2O3. The molecule has 90 valence electrons. The zero-order valence-corrected chi connectivity index (χ0v) is 9.48. The minimum absolute atomic E-state index is 0.182. The van der Waals surface area contributed by atoms with E-state index in [2.05, 4.69) is 6.58 Å². The van der Waals surface area contributed by atoms with E-state index in [1.54, 1.807) is 6.92 Å². The molecule has 0 heterocycles. The van der Waals surface area contributed by atoms with Gasteiger partial charge in [-0.1, -0.05) is 6.08 Å². The standard InChI is InChI=1S/C11H18N2O3/c1-3-6-13(7-9(14)15)10(16)11(2,12)8-4-5-8/h3,8H,1,4-7,12H2,2H3,(H,14,15). The predicted octanol–water partition coefficient (Wildman–Crippen LogP) is 0.213. The summed E-state index contributed by atoms with van der Waals surface area (Å²) in [7, 11) is 0. The Kier molecular flexibility index (Phi) is 3.70. The van der Waals surface area contributed by atoms with Crippen LogP contribution in [0.4, 0.5) is 0 Å². The van der Waals surface area contributed by atoms with Crippen LogP contribution in [0.5, 0.6) is 0 Å². The van der Waals surface area contributed by atoms with Gasteiger partial charge in [-0.2, -0.15) is 0 Å². The van der Waals surface area contributed by atoms with Gasteiger partial charge < -0.3 is 15.7 Å². The lowest BCUT2D eigenvalue weighted by atomic mass is 9.95. The minimum Gasteiger partial charge on any atom is -0.480 e. The van der Waals surface area contributed by atoms with E-state index in [4.69, 9.17) is 10.8 Å². The lowest BCUT2D eigenvalue weighted by Crippen LogP contribution is -2.55. The van der Waals surface area contributed by atoms with E-state index >= 15 is 0 Å². The van der Waals surface area contributed by atoms with Crippen molar-refractivity contribution in [3.05, 3.63) is 12.7 Å². The molecule has 0 aromatic carbocycles. The van der Waals surface area contributed by atoms with E-state index in [9.17, 15) is 9.59 Å². The van der Waals surface area contributed by atoms with E-state index in [1.807, 2.05) is 0 Å². The van der Waals surface area contributed by atoms with Crippen LogP contribution in [0.15, 0.2) is 12.7 Å². The summed E-state index contributed by atoms with van der Waals surface area (Å²) in [6, 6.07) is 0. The molecule has 0 aliphatic heterocycles. The molecular weight excluding hydrogens is 208 g/mol. The van der Waals surface area contributed by atoms with Crippen molar-refractivity contribution in [3.63, 3.8) is 0 Å². The number of amides is 1. The van der Waals surface area contributed by atoms with Crippen molar-refractivity contribution in [3.8, 4) is 0 Å². The van der Waals surface area contributed by atoms with E-state index < -0.39 is 11.5 Å². The number of nitrogens with two attached hydrogens (primary N) is 1. The first-order valence-electron chi connectivity index (χ1n) is 5.30. The molecule has 0 aromatic rings. The number of hydrogen-bond donors (Lipinski definition) is 2. The van der Waals surface area contributed by atoms with Crippen LogP contribution in [0, 0.1) is 5.92 Å². The second kappa shape index (κ2) is 4.65. The first kappa shape index (κ1) is 12.7. The molecule has 0 spiro atoms. The van der Waals surface area contributed by atoms with Crippen LogP contribution in [0.3, 0.4) is 0 Å². The van der Waals surface area contributed by atoms with Crippen molar-refractivity contribution < 1.29 is 14.7 Å². The van der Waals surface area contributed by atoms with Gasteiger partial charge in [-0.25, -0.2) is 0 Å². The molecule has 0 bridgehead atoms. The molecule has 1 fully saturated rings. The van der Waals surface area contributed by atoms with Crippen molar-refractivity contribution in [2.45, 2.75) is 25.3 Å². The smallest absolute Gasteiger partial charge is 0.323 e. The van der Waals surface area contributed by atoms with Crippen molar-refractivity contribution in [1.29, 1.82) is 0 Å². The number of carboxylic acid groups (broad SMARTS) is 1. The third kappa shape index (κ3) is 2.82. The molecule has 1 saturated carbocycles. The molecule has 1 amide bonds. The summed E-state index contributed by atoms with van der Waals surface area (Å²) in [6.45, 7) is 5.06. The summed E-state index contributed by atoms with van der Waals surface area (Å²) in [6.07, 6.45) is 3.38. The SMILES string of the molecule is C=CCN(CC(=O)O)C(=O)C(C)(N)C1CC1. The summed E-state index contributed by atoms with van der Waals surface area (Å²) in [4.78, 5) is 23.9. The molecule has 1 aliphatic rings. The quantitative estimate of drug-likeness (QED) is 0.634. The third-order valence-electron chi connectivity index (χ3n) is 2.85. The topological polar surface area (TPSA) is 83.6 Å². The number of carboxylic acids is 1. The van der Waals surface area contributed by atoms with E-state index in [1.165, 1.54) is 11.0 Å². The third-order valence-corrected chi connectivity index (χ3v) is 2.85. The van der Waals surface area contributed by atoms with E-state index in [0.717, 1.165) is 12.8 Å². The summed E-state index contributed by atoms with van der Waals surface area (Å²) in [5, 5.41) is 8.71. The highest BCUT2D eigenvalue weighted by atomic mass is 16.4. The summed E-state index contributed by atoms with van der Waals surface area (Å²) in [5.41, 5.74) is 5.01. The van der Waals surface area contributed by atoms with Gasteiger partial charge in [0.05, 0.1) is 5.54 Å². The van der Waals surface area contributed by atoms with Gasteiger partial charge in [-0.05, 0) is 25.7 Å². The van der Waals surface area contributed by atoms with Gasteiger partial charge in [0.15, 0.2) is 0 Å². The zero-order chi connectivity index (χ0) is 12.3. The van der Waals surface area contributed by atoms with E-state index in [-0.39, 0.29) is 24.9 Å². The van der Waals surface area contributed by atoms with Gasteiger partial charge in [-0.15, -0.1) is 6.58 Å². The number of rotatable bonds is 6. The summed E-state index contributed by atoms with van der Waals surface area (Å²) >= 11 is 0. The van der Waals surface area contributed by atoms with Crippen molar-refractivity contribution in [1.82, 2.24) is 4.90 Å². The maximum Gasteiger partial charge on any atom is 0.323 e. The molecule has 5 heteroatoms. The molecule has 5 nitrogen and oxygen atoms in total. The number of nitrogens with zero attached hydrogens (tertiary/aromatic N) is 1. The fourth-order valence-corrected chi connectivity index (χ4v) is 1.74. The normalized spacial score (nSPS) is 18.6. The molecule has 1 rings (SSSR count). The summed E-state index contributed by atoms with van der Waals surface area (Å²) in [5.74, 6) is -1.17. The Balaban J connectivity index is 2.72. The molecule has 16 heavy (non-hydrogen) atoms. The fourth-order valence-electron chi connectivity index (χ4n) is 1.74. The Hall–Kier alpha value is -1.36. The molecule has 1 atom stereocenters. The summed E-state index contributed by atoms with van der Waals surface area (Å²) < 4.78 is 0. The first-order valence-corrected chi connectivity index (χ1v) is 5.30. The molecule has 0 aromatic heterocycles. The maximum absolute atomic E-state index is 12.1. The molecule has 0 saturated heterocycles. The van der Waals surface area contributed by atoms with Crippen LogP contribution in [0.2, 0.25) is 0 Å². The number of hydrogen-bond acceptors (Lipinski definition) is 3. The second-order valence-electron chi connectivity index (χ2n) is 4.43. The van der Waals surface area contributed by atoms with Crippen LogP contribution in [0.25, 0.3) is 0 Å². The lowest BCUT2D eigenvalue weighted by molar-refractivity contribution is -0.146. The Morgan fingerprint density at radius 2 is 2.19 bits per heavy atom. The maximum atomic E-state index is 12.1. The number of aliphatic carboxylic acids is 1. The van der Waals surface area contributed by atoms with Crippen molar-refractivity contribution >= 4 is 11.9 Å². The van der Waals surface area contributed by atoms with Crippen LogP contribution in [-0.4, -0.2) is 40.5 Å². The highest BCUT2D eigenvalue weighted by molar-refractivity contribution is 5.89. The van der Waals surface area contributed by atoms with Gasteiger partial charge in [0.25, 0.3) is 0 Å². The first-order chi connectivity index (χ1) is 7.39. The molecule has 3 N–H and O–H groups in total. The molecule has 1 unspecified atom stereocenters.